The number of ether oxygens (including phenoxy) is 2. The number of fused-ring (bicyclic) bond motifs is 3. The lowest BCUT2D eigenvalue weighted by molar-refractivity contribution is -0.124. The lowest BCUT2D eigenvalue weighted by Crippen LogP contribution is -2.51. The molecule has 0 amide bonds. The summed E-state index contributed by atoms with van der Waals surface area (Å²) < 4.78 is 13.0. The summed E-state index contributed by atoms with van der Waals surface area (Å²) in [5.41, 5.74) is 3.48. The molecule has 1 saturated carbocycles. The molecular formula is C27H28N2O3. The number of azo groups is 1. The van der Waals surface area contributed by atoms with Crippen molar-refractivity contribution >= 4 is 17.2 Å². The average molecular weight is 429 g/mol. The number of carbonyl (C=O) groups excluding carboxylic acids is 1. The van der Waals surface area contributed by atoms with E-state index in [0.29, 0.717) is 6.42 Å². The number of hydrogen-bond acceptors (Lipinski definition) is 5. The Bertz CT molecular complexity index is 1130. The molecule has 6 rings (SSSR count). The van der Waals surface area contributed by atoms with Gasteiger partial charge in [-0.1, -0.05) is 32.0 Å². The van der Waals surface area contributed by atoms with Gasteiger partial charge in [0.1, 0.15) is 23.7 Å². The smallest absolute Gasteiger partial charge is 0.163 e. The van der Waals surface area contributed by atoms with Gasteiger partial charge >= 0.3 is 0 Å². The summed E-state index contributed by atoms with van der Waals surface area (Å²) in [5, 5.41) is 8.86. The van der Waals surface area contributed by atoms with Crippen molar-refractivity contribution < 1.29 is 14.3 Å². The quantitative estimate of drug-likeness (QED) is 0.495. The molecule has 1 fully saturated rings. The van der Waals surface area contributed by atoms with Gasteiger partial charge in [-0.05, 0) is 55.0 Å². The topological polar surface area (TPSA) is 60.2 Å². The highest BCUT2D eigenvalue weighted by atomic mass is 16.5. The van der Waals surface area contributed by atoms with E-state index >= 15 is 0 Å². The van der Waals surface area contributed by atoms with E-state index in [0.717, 1.165) is 59.7 Å². The Morgan fingerprint density at radius 3 is 2.47 bits per heavy atom. The molecule has 5 heteroatoms. The van der Waals surface area contributed by atoms with E-state index in [1.165, 1.54) is 0 Å². The lowest BCUT2D eigenvalue weighted by Gasteiger charge is -2.51. The van der Waals surface area contributed by atoms with Gasteiger partial charge in [-0.15, -0.1) is 0 Å². The third-order valence-corrected chi connectivity index (χ3v) is 7.35. The van der Waals surface area contributed by atoms with Crippen LogP contribution in [0.2, 0.25) is 0 Å². The number of nitrogens with zero attached hydrogens (tertiary/aromatic N) is 2. The molecule has 0 saturated heterocycles. The molecule has 0 N–H and O–H groups in total. The number of Topliss-reactive ketones (excluding diaryl/α,β-unsaturated/α-hetero) is 1. The fourth-order valence-electron chi connectivity index (χ4n) is 6.04. The maximum atomic E-state index is 13.4. The Kier molecular flexibility index (Phi) is 4.49. The van der Waals surface area contributed by atoms with Crippen molar-refractivity contribution in [2.24, 2.45) is 21.6 Å². The third-order valence-electron chi connectivity index (χ3n) is 7.35. The minimum absolute atomic E-state index is 0.0216. The average Bonchev–Trinajstić information content (AvgIpc) is 2.77. The molecule has 2 unspecified atom stereocenters. The van der Waals surface area contributed by atoms with Gasteiger partial charge in [0.05, 0.1) is 11.4 Å². The summed E-state index contributed by atoms with van der Waals surface area (Å²) in [6, 6.07) is 15.7. The van der Waals surface area contributed by atoms with Gasteiger partial charge in [0.15, 0.2) is 5.78 Å². The van der Waals surface area contributed by atoms with Crippen LogP contribution in [0.5, 0.6) is 5.75 Å². The van der Waals surface area contributed by atoms with Crippen LogP contribution in [0.25, 0.3) is 0 Å². The van der Waals surface area contributed by atoms with E-state index in [4.69, 9.17) is 9.47 Å². The summed E-state index contributed by atoms with van der Waals surface area (Å²) in [5.74, 6) is 2.23. The first kappa shape index (κ1) is 19.7. The molecule has 4 atom stereocenters. The molecule has 4 aliphatic rings. The highest BCUT2D eigenvalue weighted by molar-refractivity contribution is 5.99. The van der Waals surface area contributed by atoms with Crippen LogP contribution in [-0.4, -0.2) is 18.0 Å². The van der Waals surface area contributed by atoms with Crippen LogP contribution >= 0.6 is 0 Å². The Morgan fingerprint density at radius 2 is 1.66 bits per heavy atom. The molecule has 164 valence electrons. The number of ketones is 1. The van der Waals surface area contributed by atoms with Crippen molar-refractivity contribution in [3.05, 3.63) is 65.4 Å². The van der Waals surface area contributed by atoms with Crippen molar-refractivity contribution in [2.45, 2.75) is 64.1 Å². The number of hydrogen-bond donors (Lipinski definition) is 0. The summed E-state index contributed by atoms with van der Waals surface area (Å²) in [7, 11) is 0. The van der Waals surface area contributed by atoms with E-state index in [1.807, 2.05) is 42.5 Å². The van der Waals surface area contributed by atoms with Crippen LogP contribution in [0.4, 0.5) is 11.4 Å². The van der Waals surface area contributed by atoms with Crippen LogP contribution < -0.4 is 4.74 Å². The van der Waals surface area contributed by atoms with Gasteiger partial charge < -0.3 is 9.47 Å². The minimum Gasteiger partial charge on any atom is -0.494 e. The normalized spacial score (nSPS) is 30.1. The van der Waals surface area contributed by atoms with Crippen LogP contribution in [0.3, 0.4) is 0 Å². The number of allylic oxidation sites excluding steroid dienone is 2. The summed E-state index contributed by atoms with van der Waals surface area (Å²) in [4.78, 5) is 13.4. The van der Waals surface area contributed by atoms with Crippen molar-refractivity contribution in [3.63, 3.8) is 0 Å². The zero-order valence-electron chi connectivity index (χ0n) is 18.6. The Hall–Kier alpha value is -2.95. The van der Waals surface area contributed by atoms with E-state index in [9.17, 15) is 4.79 Å². The van der Waals surface area contributed by atoms with E-state index < -0.39 is 0 Å². The minimum atomic E-state index is -0.0590. The highest BCUT2D eigenvalue weighted by Gasteiger charge is 2.54. The highest BCUT2D eigenvalue weighted by Crippen LogP contribution is 2.57. The van der Waals surface area contributed by atoms with Crippen LogP contribution in [0.1, 0.15) is 57.4 Å². The van der Waals surface area contributed by atoms with Crippen LogP contribution in [0.15, 0.2) is 70.1 Å². The molecule has 2 heterocycles. The number of benzene rings is 2. The Balaban J connectivity index is 1.45. The third kappa shape index (κ3) is 3.26. The largest absolute Gasteiger partial charge is 0.494 e. The van der Waals surface area contributed by atoms with Crippen molar-refractivity contribution in [2.75, 3.05) is 0 Å². The maximum absolute atomic E-state index is 13.4. The van der Waals surface area contributed by atoms with Crippen molar-refractivity contribution in [1.82, 2.24) is 0 Å². The van der Waals surface area contributed by atoms with Gasteiger partial charge in [0, 0.05) is 35.8 Å². The molecule has 32 heavy (non-hydrogen) atoms. The second kappa shape index (κ2) is 7.29. The molecule has 0 aromatic heterocycles. The monoisotopic (exact) mass is 428 g/mol. The number of carbonyl (C=O) groups is 1. The molecule has 0 spiro atoms. The van der Waals surface area contributed by atoms with Gasteiger partial charge in [-0.2, -0.15) is 10.2 Å². The molecule has 2 aliphatic heterocycles. The van der Waals surface area contributed by atoms with Crippen LogP contribution in [-0.2, 0) is 9.53 Å². The zero-order valence-corrected chi connectivity index (χ0v) is 18.6. The number of rotatable bonds is 2. The summed E-state index contributed by atoms with van der Waals surface area (Å²) in [6.07, 6.45) is 4.73. The fourth-order valence-corrected chi connectivity index (χ4v) is 6.04. The Labute approximate surface area is 188 Å². The standard InChI is InChI=1S/C27H28N2O3/c1-27(2)14-19(30)25-23(15-27)32-22-10-6-9-21-26(22)24(25)18-13-17(11-12-20(18)31-21)29-28-16-7-4-3-5-8-16/h3-5,7-8,11-13,21-22,24,26H,6,9-10,14-15H2,1-2H3/t21?,22?,24-,26+/m1/s1. The van der Waals surface area contributed by atoms with E-state index in [-0.39, 0.29) is 35.2 Å². The first-order valence-electron chi connectivity index (χ1n) is 11.7. The summed E-state index contributed by atoms with van der Waals surface area (Å²) in [6.45, 7) is 4.32. The van der Waals surface area contributed by atoms with Crippen molar-refractivity contribution in [3.8, 4) is 5.75 Å². The predicted octanol–water partition coefficient (Wildman–Crippen LogP) is 6.79. The Morgan fingerprint density at radius 1 is 0.906 bits per heavy atom. The van der Waals surface area contributed by atoms with E-state index in [1.54, 1.807) is 0 Å². The molecular weight excluding hydrogens is 400 g/mol. The molecule has 2 aromatic carbocycles. The second-order valence-electron chi connectivity index (χ2n) is 10.3. The molecule has 0 bridgehead atoms. The lowest BCUT2D eigenvalue weighted by atomic mass is 9.62. The van der Waals surface area contributed by atoms with Gasteiger partial charge in [-0.25, -0.2) is 0 Å². The first-order valence-corrected chi connectivity index (χ1v) is 11.7. The SMILES string of the molecule is CC1(C)CC(=O)C2=C(C1)OC1CCCC3Oc4ccc(N=Nc5ccccc5)cc4[C@H]2[C@H]13. The van der Waals surface area contributed by atoms with Crippen LogP contribution in [0, 0.1) is 11.3 Å². The molecule has 0 radical (unpaired) electrons. The van der Waals surface area contributed by atoms with Gasteiger partial charge in [0.2, 0.25) is 0 Å². The van der Waals surface area contributed by atoms with E-state index in [2.05, 4.69) is 30.1 Å². The maximum Gasteiger partial charge on any atom is 0.163 e. The van der Waals surface area contributed by atoms with Gasteiger partial charge in [0.25, 0.3) is 0 Å². The second-order valence-corrected chi connectivity index (χ2v) is 10.3. The molecule has 2 aliphatic carbocycles. The molecule has 2 aromatic rings. The molecule has 5 nitrogen and oxygen atoms in total. The zero-order chi connectivity index (χ0) is 21.9. The predicted molar refractivity (Wildman–Crippen MR) is 121 cm³/mol. The first-order chi connectivity index (χ1) is 15.5. The fraction of sp³-hybridized carbons (Fsp3) is 0.444. The van der Waals surface area contributed by atoms with Crippen molar-refractivity contribution in [1.29, 1.82) is 0 Å². The van der Waals surface area contributed by atoms with Gasteiger partial charge in [-0.3, -0.25) is 4.79 Å². The summed E-state index contributed by atoms with van der Waals surface area (Å²) >= 11 is 0.